The van der Waals surface area contributed by atoms with Crippen molar-refractivity contribution in [2.24, 2.45) is 0 Å². The molecule has 1 aliphatic carbocycles. The van der Waals surface area contributed by atoms with Gasteiger partial charge in [-0.05, 0) is 37.0 Å². The van der Waals surface area contributed by atoms with Crippen LogP contribution >= 0.6 is 11.6 Å². The number of halogens is 1. The summed E-state index contributed by atoms with van der Waals surface area (Å²) in [5.41, 5.74) is 1.08. The minimum Gasteiger partial charge on any atom is -0.486 e. The lowest BCUT2D eigenvalue weighted by atomic mass is 10.0. The van der Waals surface area contributed by atoms with Crippen LogP contribution in [0.3, 0.4) is 0 Å². The van der Waals surface area contributed by atoms with Gasteiger partial charge in [0.25, 0.3) is 0 Å². The molecule has 3 nitrogen and oxygen atoms in total. The van der Waals surface area contributed by atoms with E-state index in [4.69, 9.17) is 21.1 Å². The van der Waals surface area contributed by atoms with Gasteiger partial charge in [0.1, 0.15) is 13.2 Å². The molecule has 0 aromatic heterocycles. The zero-order valence-electron chi connectivity index (χ0n) is 9.05. The van der Waals surface area contributed by atoms with Gasteiger partial charge in [0, 0.05) is 0 Å². The Kier molecular flexibility index (Phi) is 2.10. The summed E-state index contributed by atoms with van der Waals surface area (Å²) >= 11 is 6.23. The van der Waals surface area contributed by atoms with Crippen molar-refractivity contribution in [2.75, 3.05) is 13.2 Å². The Labute approximate surface area is 98.9 Å². The Morgan fingerprint density at radius 1 is 1.31 bits per heavy atom. The Hall–Kier alpha value is -0.930. The average Bonchev–Trinajstić information content (AvgIpc) is 3.03. The van der Waals surface area contributed by atoms with Gasteiger partial charge in [-0.2, -0.15) is 0 Å². The third-order valence-corrected chi connectivity index (χ3v) is 3.70. The van der Waals surface area contributed by atoms with E-state index >= 15 is 0 Å². The molecular formula is C12H13ClO3. The molecule has 1 heterocycles. The second-order valence-electron chi connectivity index (χ2n) is 4.42. The van der Waals surface area contributed by atoms with Crippen molar-refractivity contribution < 1.29 is 14.6 Å². The van der Waals surface area contributed by atoms with Gasteiger partial charge in [-0.15, -0.1) is 0 Å². The molecule has 16 heavy (non-hydrogen) atoms. The Morgan fingerprint density at radius 2 is 2.00 bits per heavy atom. The first-order valence-electron chi connectivity index (χ1n) is 5.43. The largest absolute Gasteiger partial charge is 0.486 e. The monoisotopic (exact) mass is 240 g/mol. The van der Waals surface area contributed by atoms with E-state index in [1.54, 1.807) is 0 Å². The lowest BCUT2D eigenvalue weighted by Crippen LogP contribution is -2.17. The lowest BCUT2D eigenvalue weighted by Gasteiger charge is -2.23. The number of ether oxygens (including phenoxy) is 2. The second kappa shape index (κ2) is 3.28. The second-order valence-corrected chi connectivity index (χ2v) is 4.80. The van der Waals surface area contributed by atoms with Crippen LogP contribution in [0.1, 0.15) is 24.0 Å². The van der Waals surface area contributed by atoms with Crippen LogP contribution in [-0.2, 0) is 5.60 Å². The summed E-state index contributed by atoms with van der Waals surface area (Å²) in [6.07, 6.45) is 1.59. The van der Waals surface area contributed by atoms with E-state index in [-0.39, 0.29) is 0 Å². The molecule has 1 N–H and O–H groups in total. The van der Waals surface area contributed by atoms with E-state index in [2.05, 4.69) is 0 Å². The molecule has 0 atom stereocenters. The third kappa shape index (κ3) is 1.39. The fourth-order valence-electron chi connectivity index (χ4n) is 2.11. The van der Waals surface area contributed by atoms with E-state index in [0.717, 1.165) is 24.0 Å². The van der Waals surface area contributed by atoms with Crippen LogP contribution in [-0.4, -0.2) is 18.3 Å². The summed E-state index contributed by atoms with van der Waals surface area (Å²) in [7, 11) is 0. The number of aliphatic hydroxyl groups is 1. The average molecular weight is 241 g/mol. The third-order valence-electron chi connectivity index (χ3n) is 3.24. The summed E-state index contributed by atoms with van der Waals surface area (Å²) < 4.78 is 11.0. The highest BCUT2D eigenvalue weighted by Crippen LogP contribution is 2.51. The molecule has 2 aliphatic rings. The van der Waals surface area contributed by atoms with E-state index in [0.29, 0.717) is 29.7 Å². The number of hydrogen-bond donors (Lipinski definition) is 1. The molecule has 0 bridgehead atoms. The summed E-state index contributed by atoms with van der Waals surface area (Å²) in [6.45, 7) is 2.96. The van der Waals surface area contributed by atoms with E-state index in [1.807, 2.05) is 13.0 Å². The number of rotatable bonds is 1. The van der Waals surface area contributed by atoms with Gasteiger partial charge in [-0.1, -0.05) is 11.6 Å². The SMILES string of the molecule is Cc1c(C2(O)CC2)cc2c(c1Cl)OCCO2. The normalized spacial score (nSPS) is 20.7. The Bertz CT molecular complexity index is 452. The van der Waals surface area contributed by atoms with Crippen LogP contribution in [0.25, 0.3) is 0 Å². The van der Waals surface area contributed by atoms with Crippen molar-refractivity contribution in [2.45, 2.75) is 25.4 Å². The van der Waals surface area contributed by atoms with Crippen molar-refractivity contribution in [3.63, 3.8) is 0 Å². The van der Waals surface area contributed by atoms with Gasteiger partial charge < -0.3 is 14.6 Å². The Balaban J connectivity index is 2.17. The van der Waals surface area contributed by atoms with E-state index in [9.17, 15) is 5.11 Å². The fourth-order valence-corrected chi connectivity index (χ4v) is 2.36. The first kappa shape index (κ1) is 10.2. The highest BCUT2D eigenvalue weighted by molar-refractivity contribution is 6.33. The predicted molar refractivity (Wildman–Crippen MR) is 60.3 cm³/mol. The van der Waals surface area contributed by atoms with Crippen LogP contribution in [0.4, 0.5) is 0 Å². The molecule has 0 amide bonds. The molecule has 1 fully saturated rings. The smallest absolute Gasteiger partial charge is 0.180 e. The fraction of sp³-hybridized carbons (Fsp3) is 0.500. The zero-order valence-corrected chi connectivity index (χ0v) is 9.80. The van der Waals surface area contributed by atoms with Crippen molar-refractivity contribution in [1.82, 2.24) is 0 Å². The minimum absolute atomic E-state index is 0.524. The summed E-state index contributed by atoms with van der Waals surface area (Å²) in [4.78, 5) is 0. The van der Waals surface area contributed by atoms with Gasteiger partial charge in [0.2, 0.25) is 0 Å². The molecule has 1 saturated carbocycles. The van der Waals surface area contributed by atoms with Crippen LogP contribution in [0.5, 0.6) is 11.5 Å². The highest BCUT2D eigenvalue weighted by atomic mass is 35.5. The molecule has 0 spiro atoms. The van der Waals surface area contributed by atoms with Gasteiger partial charge in [-0.25, -0.2) is 0 Å². The van der Waals surface area contributed by atoms with Crippen molar-refractivity contribution in [1.29, 1.82) is 0 Å². The number of fused-ring (bicyclic) bond motifs is 1. The maximum Gasteiger partial charge on any atom is 0.180 e. The molecule has 0 radical (unpaired) electrons. The predicted octanol–water partition coefficient (Wildman–Crippen LogP) is 2.40. The summed E-state index contributed by atoms with van der Waals surface area (Å²) in [5.74, 6) is 1.26. The summed E-state index contributed by atoms with van der Waals surface area (Å²) in [6, 6.07) is 1.86. The quantitative estimate of drug-likeness (QED) is 0.819. The molecule has 1 aromatic rings. The lowest BCUT2D eigenvalue weighted by molar-refractivity contribution is 0.146. The highest BCUT2D eigenvalue weighted by Gasteiger charge is 2.44. The topological polar surface area (TPSA) is 38.7 Å². The summed E-state index contributed by atoms with van der Waals surface area (Å²) in [5, 5.41) is 10.7. The van der Waals surface area contributed by atoms with Crippen LogP contribution in [0, 0.1) is 6.92 Å². The van der Waals surface area contributed by atoms with Crippen LogP contribution < -0.4 is 9.47 Å². The molecule has 1 aromatic carbocycles. The zero-order chi connectivity index (χ0) is 11.3. The molecule has 4 heteroatoms. The molecule has 3 rings (SSSR count). The molecular weight excluding hydrogens is 228 g/mol. The molecule has 1 aliphatic heterocycles. The van der Waals surface area contributed by atoms with Crippen molar-refractivity contribution in [3.05, 3.63) is 22.2 Å². The standard InChI is InChI=1S/C12H13ClO3/c1-7-8(12(14)2-3-12)6-9-11(10(7)13)16-5-4-15-9/h6,14H,2-5H2,1H3. The maximum absolute atomic E-state index is 10.2. The van der Waals surface area contributed by atoms with Crippen molar-refractivity contribution >= 4 is 11.6 Å². The van der Waals surface area contributed by atoms with Gasteiger partial charge in [0.15, 0.2) is 11.5 Å². The maximum atomic E-state index is 10.2. The van der Waals surface area contributed by atoms with Gasteiger partial charge in [-0.3, -0.25) is 0 Å². The number of benzene rings is 1. The van der Waals surface area contributed by atoms with E-state index in [1.165, 1.54) is 0 Å². The van der Waals surface area contributed by atoms with Crippen LogP contribution in [0.2, 0.25) is 5.02 Å². The van der Waals surface area contributed by atoms with Crippen LogP contribution in [0.15, 0.2) is 6.07 Å². The molecule has 86 valence electrons. The van der Waals surface area contributed by atoms with Crippen molar-refractivity contribution in [3.8, 4) is 11.5 Å². The van der Waals surface area contributed by atoms with Gasteiger partial charge in [0.05, 0.1) is 10.6 Å². The minimum atomic E-state index is -0.691. The van der Waals surface area contributed by atoms with E-state index < -0.39 is 5.60 Å². The number of hydrogen-bond acceptors (Lipinski definition) is 3. The van der Waals surface area contributed by atoms with Gasteiger partial charge >= 0.3 is 0 Å². The molecule has 0 saturated heterocycles. The Morgan fingerprint density at radius 3 is 2.69 bits per heavy atom. The first-order chi connectivity index (χ1) is 7.62. The molecule has 0 unspecified atom stereocenters. The first-order valence-corrected chi connectivity index (χ1v) is 5.81.